The normalized spacial score (nSPS) is 15.7. The third kappa shape index (κ3) is 3.11. The first-order chi connectivity index (χ1) is 11.1. The Morgan fingerprint density at radius 2 is 1.74 bits per heavy atom. The molecule has 0 unspecified atom stereocenters. The van der Waals surface area contributed by atoms with Gasteiger partial charge in [-0.25, -0.2) is 0 Å². The Hall–Kier alpha value is -2.23. The van der Waals surface area contributed by atoms with E-state index in [2.05, 4.69) is 30.5 Å². The van der Waals surface area contributed by atoms with Crippen molar-refractivity contribution >= 4 is 5.91 Å². The lowest BCUT2D eigenvalue weighted by molar-refractivity contribution is 0.0693. The number of benzene rings is 1. The van der Waals surface area contributed by atoms with E-state index in [4.69, 9.17) is 4.74 Å². The molecule has 4 nitrogen and oxygen atoms in total. The number of aryl methyl sites for hydroxylation is 2. The highest BCUT2D eigenvalue weighted by atomic mass is 16.5. The van der Waals surface area contributed by atoms with Crippen molar-refractivity contribution < 1.29 is 9.53 Å². The zero-order valence-electron chi connectivity index (χ0n) is 14.1. The molecular weight excluding hydrogens is 288 g/mol. The van der Waals surface area contributed by atoms with Crippen LogP contribution < -0.4 is 4.74 Å². The predicted molar refractivity (Wildman–Crippen MR) is 91.1 cm³/mol. The molecule has 2 heterocycles. The molecule has 0 bridgehead atoms. The standard InChI is InChI=1S/C19H24N2O2/c1-14-7-8-15(2)21(14)17-9-11-20(12-10-17)19(22)16-5-4-6-18(13-16)23-3/h4-8,13,17H,9-12H2,1-3H3. The maximum absolute atomic E-state index is 12.7. The van der Waals surface area contributed by atoms with Crippen LogP contribution in [0.1, 0.15) is 40.6 Å². The minimum Gasteiger partial charge on any atom is -0.497 e. The molecule has 122 valence electrons. The molecule has 23 heavy (non-hydrogen) atoms. The Bertz CT molecular complexity index is 678. The molecule has 0 atom stereocenters. The van der Waals surface area contributed by atoms with Gasteiger partial charge in [0.1, 0.15) is 5.75 Å². The van der Waals surface area contributed by atoms with E-state index in [1.165, 1.54) is 11.4 Å². The van der Waals surface area contributed by atoms with Gasteiger partial charge in [-0.3, -0.25) is 4.79 Å². The number of hydrogen-bond acceptors (Lipinski definition) is 2. The highest BCUT2D eigenvalue weighted by Crippen LogP contribution is 2.27. The van der Waals surface area contributed by atoms with E-state index in [0.717, 1.165) is 31.7 Å². The van der Waals surface area contributed by atoms with Crippen molar-refractivity contribution in [3.05, 3.63) is 53.3 Å². The zero-order chi connectivity index (χ0) is 16.4. The van der Waals surface area contributed by atoms with Crippen LogP contribution >= 0.6 is 0 Å². The Labute approximate surface area is 137 Å². The second kappa shape index (κ2) is 6.49. The van der Waals surface area contributed by atoms with Gasteiger partial charge in [0.15, 0.2) is 0 Å². The van der Waals surface area contributed by atoms with Crippen LogP contribution in [-0.2, 0) is 0 Å². The van der Waals surface area contributed by atoms with E-state index in [9.17, 15) is 4.79 Å². The number of carbonyl (C=O) groups excluding carboxylic acids is 1. The minimum absolute atomic E-state index is 0.100. The summed E-state index contributed by atoms with van der Waals surface area (Å²) in [7, 11) is 1.62. The van der Waals surface area contributed by atoms with Gasteiger partial charge in [0.2, 0.25) is 0 Å². The molecule has 1 saturated heterocycles. The molecule has 3 rings (SSSR count). The SMILES string of the molecule is COc1cccc(C(=O)N2CCC(n3c(C)ccc3C)CC2)c1. The predicted octanol–water partition coefficient (Wildman–Crippen LogP) is 3.59. The fourth-order valence-electron chi connectivity index (χ4n) is 3.52. The molecule has 1 aliphatic heterocycles. The third-order valence-corrected chi connectivity index (χ3v) is 4.76. The Kier molecular flexibility index (Phi) is 4.42. The molecular formula is C19H24N2O2. The number of amides is 1. The molecule has 1 aliphatic rings. The molecule has 0 N–H and O–H groups in total. The van der Waals surface area contributed by atoms with E-state index >= 15 is 0 Å². The Balaban J connectivity index is 1.68. The number of nitrogens with zero attached hydrogens (tertiary/aromatic N) is 2. The summed E-state index contributed by atoms with van der Waals surface area (Å²) in [5, 5.41) is 0. The van der Waals surface area contributed by atoms with E-state index in [-0.39, 0.29) is 5.91 Å². The van der Waals surface area contributed by atoms with Gasteiger partial charge in [-0.1, -0.05) is 6.07 Å². The molecule has 1 aromatic heterocycles. The first-order valence-corrected chi connectivity index (χ1v) is 8.18. The van der Waals surface area contributed by atoms with Gasteiger partial charge in [0, 0.05) is 36.1 Å². The topological polar surface area (TPSA) is 34.5 Å². The van der Waals surface area contributed by atoms with Crippen molar-refractivity contribution in [3.8, 4) is 5.75 Å². The lowest BCUT2D eigenvalue weighted by Gasteiger charge is -2.34. The smallest absolute Gasteiger partial charge is 0.253 e. The maximum Gasteiger partial charge on any atom is 0.253 e. The molecule has 0 spiro atoms. The average Bonchev–Trinajstić information content (AvgIpc) is 2.93. The average molecular weight is 312 g/mol. The molecule has 1 aromatic carbocycles. The Morgan fingerprint density at radius 3 is 2.35 bits per heavy atom. The van der Waals surface area contributed by atoms with E-state index < -0.39 is 0 Å². The van der Waals surface area contributed by atoms with E-state index in [1.807, 2.05) is 29.2 Å². The number of likely N-dealkylation sites (tertiary alicyclic amines) is 1. The lowest BCUT2D eigenvalue weighted by Crippen LogP contribution is -2.39. The van der Waals surface area contributed by atoms with Gasteiger partial charge >= 0.3 is 0 Å². The van der Waals surface area contributed by atoms with E-state index in [0.29, 0.717) is 11.6 Å². The summed E-state index contributed by atoms with van der Waals surface area (Å²) in [6.45, 7) is 5.91. The number of aromatic nitrogens is 1. The molecule has 1 amide bonds. The summed E-state index contributed by atoms with van der Waals surface area (Å²) in [5.41, 5.74) is 3.32. The van der Waals surface area contributed by atoms with Crippen LogP contribution in [0.15, 0.2) is 36.4 Å². The van der Waals surface area contributed by atoms with Gasteiger partial charge in [-0.05, 0) is 57.0 Å². The van der Waals surface area contributed by atoms with Crippen molar-refractivity contribution in [1.82, 2.24) is 9.47 Å². The van der Waals surface area contributed by atoms with Crippen LogP contribution in [0.25, 0.3) is 0 Å². The highest BCUT2D eigenvalue weighted by molar-refractivity contribution is 5.94. The first-order valence-electron chi connectivity index (χ1n) is 8.18. The molecule has 0 saturated carbocycles. The van der Waals surface area contributed by atoms with Crippen LogP contribution in [0.5, 0.6) is 5.75 Å². The van der Waals surface area contributed by atoms with E-state index in [1.54, 1.807) is 7.11 Å². The molecule has 1 fully saturated rings. The van der Waals surface area contributed by atoms with Crippen LogP contribution in [0.2, 0.25) is 0 Å². The van der Waals surface area contributed by atoms with Gasteiger partial charge in [0.25, 0.3) is 5.91 Å². The molecule has 4 heteroatoms. The molecule has 0 aliphatic carbocycles. The summed E-state index contributed by atoms with van der Waals surface area (Å²) >= 11 is 0. The number of piperidine rings is 1. The van der Waals surface area contributed by atoms with Gasteiger partial charge in [-0.15, -0.1) is 0 Å². The van der Waals surface area contributed by atoms with Crippen LogP contribution in [0, 0.1) is 13.8 Å². The van der Waals surface area contributed by atoms with Crippen molar-refractivity contribution in [2.45, 2.75) is 32.7 Å². The van der Waals surface area contributed by atoms with Crippen molar-refractivity contribution in [2.75, 3.05) is 20.2 Å². The Morgan fingerprint density at radius 1 is 1.09 bits per heavy atom. The lowest BCUT2D eigenvalue weighted by atomic mass is 10.0. The van der Waals surface area contributed by atoms with Crippen LogP contribution in [-0.4, -0.2) is 35.6 Å². The molecule has 0 radical (unpaired) electrons. The summed E-state index contributed by atoms with van der Waals surface area (Å²) in [4.78, 5) is 14.6. The fourth-order valence-corrected chi connectivity index (χ4v) is 3.52. The number of carbonyl (C=O) groups is 1. The highest BCUT2D eigenvalue weighted by Gasteiger charge is 2.25. The molecule has 2 aromatic rings. The van der Waals surface area contributed by atoms with Gasteiger partial charge in [-0.2, -0.15) is 0 Å². The minimum atomic E-state index is 0.100. The second-order valence-corrected chi connectivity index (χ2v) is 6.24. The van der Waals surface area contributed by atoms with Crippen molar-refractivity contribution in [3.63, 3.8) is 0 Å². The first kappa shape index (κ1) is 15.7. The monoisotopic (exact) mass is 312 g/mol. The van der Waals surface area contributed by atoms with Crippen molar-refractivity contribution in [1.29, 1.82) is 0 Å². The summed E-state index contributed by atoms with van der Waals surface area (Å²) < 4.78 is 7.62. The summed E-state index contributed by atoms with van der Waals surface area (Å²) in [6, 6.07) is 12.2. The number of ether oxygens (including phenoxy) is 1. The number of hydrogen-bond donors (Lipinski definition) is 0. The van der Waals surface area contributed by atoms with Gasteiger partial charge in [0.05, 0.1) is 7.11 Å². The summed E-state index contributed by atoms with van der Waals surface area (Å²) in [5.74, 6) is 0.827. The van der Waals surface area contributed by atoms with Gasteiger partial charge < -0.3 is 14.2 Å². The largest absolute Gasteiger partial charge is 0.497 e. The third-order valence-electron chi connectivity index (χ3n) is 4.76. The zero-order valence-corrected chi connectivity index (χ0v) is 14.1. The fraction of sp³-hybridized carbons (Fsp3) is 0.421. The maximum atomic E-state index is 12.7. The van der Waals surface area contributed by atoms with Crippen LogP contribution in [0.3, 0.4) is 0 Å². The second-order valence-electron chi connectivity index (χ2n) is 6.24. The quantitative estimate of drug-likeness (QED) is 0.868. The number of methoxy groups -OCH3 is 1. The van der Waals surface area contributed by atoms with Crippen molar-refractivity contribution in [2.24, 2.45) is 0 Å². The summed E-state index contributed by atoms with van der Waals surface area (Å²) in [6.07, 6.45) is 2.01. The number of rotatable bonds is 3. The van der Waals surface area contributed by atoms with Crippen LogP contribution in [0.4, 0.5) is 0 Å².